The van der Waals surface area contributed by atoms with Crippen LogP contribution in [0, 0.1) is 16.7 Å². The van der Waals surface area contributed by atoms with Crippen LogP contribution in [0.5, 0.6) is 0 Å². The molecule has 0 aromatic rings. The molecule has 1 saturated heterocycles. The van der Waals surface area contributed by atoms with E-state index in [0.717, 1.165) is 36.8 Å². The minimum absolute atomic E-state index is 0.0379. The fourth-order valence-electron chi connectivity index (χ4n) is 7.48. The van der Waals surface area contributed by atoms with Gasteiger partial charge in [0.2, 0.25) is 0 Å². The normalized spacial score (nSPS) is 45.7. The molecule has 0 bridgehead atoms. The highest BCUT2D eigenvalue weighted by Gasteiger charge is 2.56. The second-order valence-corrected chi connectivity index (χ2v) is 11.4. The van der Waals surface area contributed by atoms with Crippen molar-refractivity contribution in [3.05, 3.63) is 22.3 Å². The molecule has 0 spiro atoms. The van der Waals surface area contributed by atoms with Crippen molar-refractivity contribution in [2.24, 2.45) is 16.7 Å². The summed E-state index contributed by atoms with van der Waals surface area (Å²) in [5.41, 5.74) is 2.37. The Kier molecular flexibility index (Phi) is 6.26. The Balaban J connectivity index is 1.38. The molecule has 4 N–H and O–H groups in total. The fourth-order valence-corrected chi connectivity index (χ4v) is 7.48. The lowest BCUT2D eigenvalue weighted by Crippen LogP contribution is -2.60. The molecule has 3 aliphatic carbocycles. The predicted molar refractivity (Wildman–Crippen MR) is 122 cm³/mol. The topological polar surface area (TPSA) is 143 Å². The number of aliphatic hydroxyl groups is 4. The van der Waals surface area contributed by atoms with Crippen LogP contribution in [0.2, 0.25) is 0 Å². The number of hydrogen-bond acceptors (Lipinski definition) is 9. The number of carbonyl (C=O) groups excluding carboxylic acids is 2. The third-order valence-corrected chi connectivity index (χ3v) is 9.41. The van der Waals surface area contributed by atoms with E-state index in [1.165, 1.54) is 0 Å². The van der Waals surface area contributed by atoms with Crippen molar-refractivity contribution in [1.29, 1.82) is 0 Å². The van der Waals surface area contributed by atoms with Gasteiger partial charge in [0, 0.05) is 12.0 Å². The first-order valence-electron chi connectivity index (χ1n) is 12.6. The number of fused-ring (bicyclic) bond motifs is 3. The number of ketones is 1. The monoisotopic (exact) mass is 492 g/mol. The molecule has 5 aliphatic rings. The van der Waals surface area contributed by atoms with Crippen LogP contribution in [0.25, 0.3) is 0 Å². The Bertz CT molecular complexity index is 983. The molecule has 0 radical (unpaired) electrons. The molecule has 5 rings (SSSR count). The largest absolute Gasteiger partial charge is 0.454 e. The summed E-state index contributed by atoms with van der Waals surface area (Å²) in [7, 11) is 0. The first-order chi connectivity index (χ1) is 16.5. The number of esters is 1. The molecule has 0 amide bonds. The SMILES string of the molecule is CC1=C2C(=O)C3=C(CC2OC1=O)C1(C)CCCC(C)(COC2OC(CO)C(O)C(O)C2O)C1CC3. The minimum atomic E-state index is -1.48. The van der Waals surface area contributed by atoms with Gasteiger partial charge in [-0.1, -0.05) is 25.8 Å². The van der Waals surface area contributed by atoms with Crippen LogP contribution in [0.4, 0.5) is 0 Å². The van der Waals surface area contributed by atoms with Gasteiger partial charge in [-0.2, -0.15) is 0 Å². The van der Waals surface area contributed by atoms with E-state index in [-0.39, 0.29) is 29.1 Å². The maximum atomic E-state index is 13.4. The van der Waals surface area contributed by atoms with Crippen LogP contribution in [0.3, 0.4) is 0 Å². The molecular weight excluding hydrogens is 456 g/mol. The van der Waals surface area contributed by atoms with Gasteiger partial charge in [-0.3, -0.25) is 4.79 Å². The van der Waals surface area contributed by atoms with Crippen LogP contribution < -0.4 is 0 Å². The Morgan fingerprint density at radius 3 is 2.54 bits per heavy atom. The first-order valence-corrected chi connectivity index (χ1v) is 12.6. The van der Waals surface area contributed by atoms with Crippen molar-refractivity contribution in [1.82, 2.24) is 0 Å². The summed E-state index contributed by atoms with van der Waals surface area (Å²) in [5.74, 6) is -0.241. The van der Waals surface area contributed by atoms with Gasteiger partial charge in [-0.25, -0.2) is 4.79 Å². The van der Waals surface area contributed by atoms with E-state index in [2.05, 4.69) is 13.8 Å². The summed E-state index contributed by atoms with van der Waals surface area (Å²) in [6.45, 7) is 5.79. The lowest BCUT2D eigenvalue weighted by molar-refractivity contribution is -0.308. The van der Waals surface area contributed by atoms with Crippen LogP contribution in [0.15, 0.2) is 22.3 Å². The van der Waals surface area contributed by atoms with Crippen LogP contribution >= 0.6 is 0 Å². The van der Waals surface area contributed by atoms with E-state index in [0.29, 0.717) is 24.0 Å². The lowest BCUT2D eigenvalue weighted by Gasteiger charge is -2.57. The van der Waals surface area contributed by atoms with Gasteiger partial charge in [0.25, 0.3) is 0 Å². The van der Waals surface area contributed by atoms with E-state index in [1.807, 2.05) is 0 Å². The number of rotatable bonds is 4. The number of hydrogen-bond donors (Lipinski definition) is 4. The average Bonchev–Trinajstić information content (AvgIpc) is 3.11. The van der Waals surface area contributed by atoms with E-state index in [9.17, 15) is 30.0 Å². The molecule has 35 heavy (non-hydrogen) atoms. The number of allylic oxidation sites excluding steroid dienone is 1. The van der Waals surface area contributed by atoms with Crippen molar-refractivity contribution in [2.75, 3.05) is 13.2 Å². The van der Waals surface area contributed by atoms with Crippen LogP contribution in [-0.4, -0.2) is 82.2 Å². The number of Topliss-reactive ketones (excluding diaryl/α,β-unsaturated/α-hetero) is 1. The highest BCUT2D eigenvalue weighted by molar-refractivity contribution is 6.16. The maximum absolute atomic E-state index is 13.4. The highest BCUT2D eigenvalue weighted by atomic mass is 16.7. The number of carbonyl (C=O) groups is 2. The standard InChI is InChI=1S/C26H36O9/c1-12-18-15(34-23(12)32)9-14-13(19(18)28)5-6-17-25(2,7-4-8-26(14,17)3)11-33-24-22(31)21(30)20(29)16(10-27)35-24/h15-17,20-22,24,27,29-31H,4-11H2,1-3H3. The van der Waals surface area contributed by atoms with Gasteiger partial charge in [0.05, 0.1) is 18.8 Å². The first kappa shape index (κ1) is 25.0. The zero-order valence-electron chi connectivity index (χ0n) is 20.5. The molecular formula is C26H36O9. The molecule has 1 saturated carbocycles. The summed E-state index contributed by atoms with van der Waals surface area (Å²) in [6, 6.07) is 0. The van der Waals surface area contributed by atoms with Crippen molar-refractivity contribution in [3.63, 3.8) is 0 Å². The van der Waals surface area contributed by atoms with Crippen LogP contribution in [-0.2, 0) is 23.8 Å². The molecule has 0 aromatic heterocycles. The number of ether oxygens (including phenoxy) is 3. The molecule has 2 fully saturated rings. The third-order valence-electron chi connectivity index (χ3n) is 9.41. The fraction of sp³-hybridized carbons (Fsp3) is 0.769. The molecule has 2 aliphatic heterocycles. The smallest absolute Gasteiger partial charge is 0.334 e. The Morgan fingerprint density at radius 2 is 1.83 bits per heavy atom. The quantitative estimate of drug-likeness (QED) is 0.421. The summed E-state index contributed by atoms with van der Waals surface area (Å²) < 4.78 is 17.1. The third kappa shape index (κ3) is 3.74. The van der Waals surface area contributed by atoms with Gasteiger partial charge in [0.15, 0.2) is 12.1 Å². The molecule has 9 nitrogen and oxygen atoms in total. The second kappa shape index (κ2) is 8.75. The van der Waals surface area contributed by atoms with Gasteiger partial charge in [-0.15, -0.1) is 0 Å². The van der Waals surface area contributed by atoms with Crippen molar-refractivity contribution in [3.8, 4) is 0 Å². The molecule has 9 unspecified atom stereocenters. The average molecular weight is 493 g/mol. The van der Waals surface area contributed by atoms with Crippen molar-refractivity contribution < 1.29 is 44.2 Å². The zero-order valence-corrected chi connectivity index (χ0v) is 20.5. The molecule has 9 atom stereocenters. The van der Waals surface area contributed by atoms with E-state index in [1.54, 1.807) is 6.92 Å². The van der Waals surface area contributed by atoms with Gasteiger partial charge in [-0.05, 0) is 54.9 Å². The van der Waals surface area contributed by atoms with E-state index >= 15 is 0 Å². The van der Waals surface area contributed by atoms with Gasteiger partial charge >= 0.3 is 5.97 Å². The molecule has 9 heteroatoms. The molecule has 0 aromatic carbocycles. The van der Waals surface area contributed by atoms with Crippen molar-refractivity contribution >= 4 is 11.8 Å². The highest BCUT2D eigenvalue weighted by Crippen LogP contribution is 2.62. The summed E-state index contributed by atoms with van der Waals surface area (Å²) >= 11 is 0. The van der Waals surface area contributed by atoms with E-state index < -0.39 is 49.4 Å². The van der Waals surface area contributed by atoms with Crippen molar-refractivity contribution in [2.45, 2.75) is 96.1 Å². The Hall–Kier alpha value is -1.62. The second-order valence-electron chi connectivity index (χ2n) is 11.4. The zero-order chi connectivity index (χ0) is 25.3. The van der Waals surface area contributed by atoms with E-state index in [4.69, 9.17) is 14.2 Å². The summed E-state index contributed by atoms with van der Waals surface area (Å²) in [5, 5.41) is 40.0. The molecule has 194 valence electrons. The molecule has 2 heterocycles. The predicted octanol–water partition coefficient (Wildman–Crippen LogP) is 0.921. The van der Waals surface area contributed by atoms with Gasteiger partial charge in [0.1, 0.15) is 30.5 Å². The van der Waals surface area contributed by atoms with Gasteiger partial charge < -0.3 is 34.6 Å². The number of aliphatic hydroxyl groups excluding tert-OH is 4. The summed E-state index contributed by atoms with van der Waals surface area (Å²) in [6.07, 6.45) is -2.28. The van der Waals surface area contributed by atoms with Crippen LogP contribution in [0.1, 0.15) is 59.3 Å². The lowest BCUT2D eigenvalue weighted by atomic mass is 9.48. The Morgan fingerprint density at radius 1 is 1.09 bits per heavy atom. The Labute approximate surface area is 204 Å². The minimum Gasteiger partial charge on any atom is -0.454 e. The summed E-state index contributed by atoms with van der Waals surface area (Å²) in [4.78, 5) is 25.5. The maximum Gasteiger partial charge on any atom is 0.334 e.